The molecule has 0 aliphatic carbocycles. The van der Waals surface area contributed by atoms with Crippen LogP contribution >= 0.6 is 0 Å². The van der Waals surface area contributed by atoms with Gasteiger partial charge in [0.15, 0.2) is 0 Å². The maximum absolute atomic E-state index is 13.3. The fraction of sp³-hybridized carbons (Fsp3) is 0.0714. The Balaban J connectivity index is 2.55. The fourth-order valence-electron chi connectivity index (χ4n) is 1.85. The molecule has 110 valence electrons. The van der Waals surface area contributed by atoms with Crippen LogP contribution in [-0.4, -0.2) is 6.03 Å². The average Bonchev–Trinajstić information content (AvgIpc) is 2.40. The Kier molecular flexibility index (Phi) is 3.84. The van der Waals surface area contributed by atoms with Crippen molar-refractivity contribution in [3.8, 4) is 0 Å². The van der Waals surface area contributed by atoms with E-state index in [1.807, 2.05) is 0 Å². The summed E-state index contributed by atoms with van der Waals surface area (Å²) in [6.07, 6.45) is -4.86. The highest BCUT2D eigenvalue weighted by molar-refractivity contribution is 5.98. The average molecular weight is 298 g/mol. The normalized spacial score (nSPS) is 11.2. The number of anilines is 2. The number of carbonyl (C=O) groups excluding carboxylic acids is 1. The summed E-state index contributed by atoms with van der Waals surface area (Å²) >= 11 is 0. The van der Waals surface area contributed by atoms with Crippen molar-refractivity contribution in [3.05, 3.63) is 59.9 Å². The van der Waals surface area contributed by atoms with E-state index in [-0.39, 0.29) is 11.4 Å². The van der Waals surface area contributed by atoms with E-state index in [2.05, 4.69) is 0 Å². The van der Waals surface area contributed by atoms with Gasteiger partial charge >= 0.3 is 12.2 Å². The van der Waals surface area contributed by atoms with Crippen LogP contribution in [0.3, 0.4) is 0 Å². The summed E-state index contributed by atoms with van der Waals surface area (Å²) in [5.41, 5.74) is 3.87. The second-order valence-corrected chi connectivity index (χ2v) is 4.17. The van der Waals surface area contributed by atoms with Crippen molar-refractivity contribution in [3.63, 3.8) is 0 Å². The number of primary amides is 1. The molecule has 0 unspecified atom stereocenters. The minimum absolute atomic E-state index is 0.164. The van der Waals surface area contributed by atoms with Crippen LogP contribution in [0.15, 0.2) is 48.5 Å². The zero-order chi connectivity index (χ0) is 15.6. The summed E-state index contributed by atoms with van der Waals surface area (Å²) in [5, 5.41) is 0. The molecule has 0 aliphatic rings. The van der Waals surface area contributed by atoms with Crippen molar-refractivity contribution in [2.24, 2.45) is 5.73 Å². The number of para-hydroxylation sites is 1. The van der Waals surface area contributed by atoms with E-state index < -0.39 is 23.6 Å². The Morgan fingerprint density at radius 2 is 1.62 bits per heavy atom. The SMILES string of the molecule is NC(=O)N(c1ccccc1)c1ccc(F)c(C(F)(F)F)c1. The van der Waals surface area contributed by atoms with Crippen molar-refractivity contribution in [1.29, 1.82) is 0 Å². The molecule has 2 aromatic rings. The summed E-state index contributed by atoms with van der Waals surface area (Å²) in [7, 11) is 0. The van der Waals surface area contributed by atoms with Crippen molar-refractivity contribution in [2.75, 3.05) is 4.90 Å². The maximum Gasteiger partial charge on any atom is 0.419 e. The monoisotopic (exact) mass is 298 g/mol. The van der Waals surface area contributed by atoms with E-state index in [0.29, 0.717) is 12.1 Å². The molecule has 3 nitrogen and oxygen atoms in total. The summed E-state index contributed by atoms with van der Waals surface area (Å²) in [6, 6.07) is 9.16. The number of alkyl halides is 3. The molecule has 0 saturated heterocycles. The third kappa shape index (κ3) is 3.13. The molecule has 0 radical (unpaired) electrons. The van der Waals surface area contributed by atoms with Gasteiger partial charge in [-0.2, -0.15) is 13.2 Å². The standard InChI is InChI=1S/C14H10F4N2O/c15-12-7-6-10(8-11(12)14(16,17)18)20(13(19)21)9-4-2-1-3-5-9/h1-8H,(H2,19,21). The minimum atomic E-state index is -4.86. The first-order valence-electron chi connectivity index (χ1n) is 5.82. The molecule has 2 rings (SSSR count). The third-order valence-electron chi connectivity index (χ3n) is 2.75. The molecule has 0 fully saturated rings. The largest absolute Gasteiger partial charge is 0.419 e. The van der Waals surface area contributed by atoms with Crippen molar-refractivity contribution in [2.45, 2.75) is 6.18 Å². The molecule has 0 aromatic heterocycles. The Morgan fingerprint density at radius 3 is 2.14 bits per heavy atom. The maximum atomic E-state index is 13.3. The second kappa shape index (κ2) is 5.43. The smallest absolute Gasteiger partial charge is 0.351 e. The van der Waals surface area contributed by atoms with Gasteiger partial charge in [0.1, 0.15) is 5.82 Å². The van der Waals surface area contributed by atoms with Crippen LogP contribution in [0.2, 0.25) is 0 Å². The number of benzene rings is 2. The first-order chi connectivity index (χ1) is 9.80. The molecule has 2 aromatic carbocycles. The zero-order valence-corrected chi connectivity index (χ0v) is 10.6. The molecule has 0 heterocycles. The van der Waals surface area contributed by atoms with Gasteiger partial charge in [-0.3, -0.25) is 4.90 Å². The predicted molar refractivity (Wildman–Crippen MR) is 69.6 cm³/mol. The van der Waals surface area contributed by atoms with Crippen molar-refractivity contribution in [1.82, 2.24) is 0 Å². The topological polar surface area (TPSA) is 46.3 Å². The molecule has 0 bridgehead atoms. The van der Waals surface area contributed by atoms with Gasteiger partial charge in [-0.15, -0.1) is 0 Å². The summed E-state index contributed by atoms with van der Waals surface area (Å²) in [6.45, 7) is 0. The number of hydrogen-bond acceptors (Lipinski definition) is 1. The van der Waals surface area contributed by atoms with Gasteiger partial charge in [-0.25, -0.2) is 9.18 Å². The van der Waals surface area contributed by atoms with Gasteiger partial charge in [-0.1, -0.05) is 18.2 Å². The van der Waals surface area contributed by atoms with Crippen LogP contribution in [0, 0.1) is 5.82 Å². The van der Waals surface area contributed by atoms with E-state index in [4.69, 9.17) is 5.73 Å². The lowest BCUT2D eigenvalue weighted by Crippen LogP contribution is -2.31. The van der Waals surface area contributed by atoms with E-state index in [0.717, 1.165) is 11.0 Å². The predicted octanol–water partition coefficient (Wildman–Crippen LogP) is 4.06. The highest BCUT2D eigenvalue weighted by Crippen LogP contribution is 2.35. The molecule has 0 atom stereocenters. The van der Waals surface area contributed by atoms with Crippen molar-refractivity contribution >= 4 is 17.4 Å². The quantitative estimate of drug-likeness (QED) is 0.835. The van der Waals surface area contributed by atoms with Crippen LogP contribution in [-0.2, 0) is 6.18 Å². The van der Waals surface area contributed by atoms with Gasteiger partial charge in [0.05, 0.1) is 16.9 Å². The Bertz CT molecular complexity index is 656. The highest BCUT2D eigenvalue weighted by atomic mass is 19.4. The Morgan fingerprint density at radius 1 is 1.00 bits per heavy atom. The van der Waals surface area contributed by atoms with E-state index >= 15 is 0 Å². The Hall–Kier alpha value is -2.57. The summed E-state index contributed by atoms with van der Waals surface area (Å²) in [5.74, 6) is -1.41. The first kappa shape index (κ1) is 14.8. The van der Waals surface area contributed by atoms with E-state index in [9.17, 15) is 22.4 Å². The highest BCUT2D eigenvalue weighted by Gasteiger charge is 2.35. The number of rotatable bonds is 2. The van der Waals surface area contributed by atoms with E-state index in [1.165, 1.54) is 12.1 Å². The number of nitrogens with two attached hydrogens (primary N) is 1. The lowest BCUT2D eigenvalue weighted by atomic mass is 10.1. The molecule has 7 heteroatoms. The molecule has 0 spiro atoms. The summed E-state index contributed by atoms with van der Waals surface area (Å²) < 4.78 is 51.4. The summed E-state index contributed by atoms with van der Waals surface area (Å²) in [4.78, 5) is 12.4. The molecule has 2 amide bonds. The third-order valence-corrected chi connectivity index (χ3v) is 2.75. The number of amides is 2. The van der Waals surface area contributed by atoms with Gasteiger partial charge in [0, 0.05) is 0 Å². The molecule has 21 heavy (non-hydrogen) atoms. The van der Waals surface area contributed by atoms with Crippen LogP contribution in [0.4, 0.5) is 33.7 Å². The lowest BCUT2D eigenvalue weighted by Gasteiger charge is -2.21. The number of halogens is 4. The second-order valence-electron chi connectivity index (χ2n) is 4.17. The van der Waals surface area contributed by atoms with Crippen LogP contribution in [0.5, 0.6) is 0 Å². The fourth-order valence-corrected chi connectivity index (χ4v) is 1.85. The van der Waals surface area contributed by atoms with Gasteiger partial charge < -0.3 is 5.73 Å². The number of carbonyl (C=O) groups is 1. The minimum Gasteiger partial charge on any atom is -0.351 e. The molecular weight excluding hydrogens is 288 g/mol. The van der Waals surface area contributed by atoms with E-state index in [1.54, 1.807) is 18.2 Å². The molecule has 0 aliphatic heterocycles. The van der Waals surface area contributed by atoms with Crippen molar-refractivity contribution < 1.29 is 22.4 Å². The molecule has 0 saturated carbocycles. The lowest BCUT2D eigenvalue weighted by molar-refractivity contribution is -0.139. The first-order valence-corrected chi connectivity index (χ1v) is 5.82. The molecule has 2 N–H and O–H groups in total. The number of urea groups is 1. The van der Waals surface area contributed by atoms with Gasteiger partial charge in [-0.05, 0) is 30.3 Å². The van der Waals surface area contributed by atoms with Crippen LogP contribution in [0.25, 0.3) is 0 Å². The van der Waals surface area contributed by atoms with Crippen LogP contribution < -0.4 is 10.6 Å². The zero-order valence-electron chi connectivity index (χ0n) is 10.6. The van der Waals surface area contributed by atoms with Gasteiger partial charge in [0.2, 0.25) is 0 Å². The van der Waals surface area contributed by atoms with Gasteiger partial charge in [0.25, 0.3) is 0 Å². The number of hydrogen-bond donors (Lipinski definition) is 1. The van der Waals surface area contributed by atoms with Crippen LogP contribution in [0.1, 0.15) is 5.56 Å². The number of nitrogens with zero attached hydrogens (tertiary/aromatic N) is 1. The Labute approximate surface area is 117 Å². The molecular formula is C14H10F4N2O.